The average molecular weight is 332 g/mol. The lowest BCUT2D eigenvalue weighted by atomic mass is 9.98. The maximum Gasteiger partial charge on any atom is 0.573 e. The molecule has 3 rings (SSSR count). The van der Waals surface area contributed by atoms with Crippen molar-refractivity contribution in [2.45, 2.75) is 31.7 Å². The smallest absolute Gasteiger partial charge is 0.403 e. The molecule has 1 saturated heterocycles. The van der Waals surface area contributed by atoms with Crippen LogP contribution in [0.25, 0.3) is 0 Å². The molecule has 1 atom stereocenters. The second-order valence-corrected chi connectivity index (χ2v) is 6.22. The molecule has 1 aliphatic heterocycles. The molecule has 1 aromatic rings. The molecule has 1 aromatic carbocycles. The number of ether oxygens (including phenoxy) is 1. The summed E-state index contributed by atoms with van der Waals surface area (Å²) >= 11 is 0. The fraction of sp³-hybridized carbons (Fsp3) is 0.625. The summed E-state index contributed by atoms with van der Waals surface area (Å²) in [6.45, 7) is 3.47. The van der Waals surface area contributed by atoms with Gasteiger partial charge in [0, 0.05) is 32.2 Å². The van der Waals surface area contributed by atoms with Crippen molar-refractivity contribution in [1.29, 1.82) is 0 Å². The first-order valence-electron chi connectivity index (χ1n) is 7.92. The van der Waals surface area contributed by atoms with E-state index in [0.29, 0.717) is 5.92 Å². The topological polar surface area (TPSA) is 24.5 Å². The van der Waals surface area contributed by atoms with E-state index in [1.165, 1.54) is 18.9 Å². The molecule has 0 amide bonds. The Morgan fingerprint density at radius 3 is 2.48 bits per heavy atom. The summed E-state index contributed by atoms with van der Waals surface area (Å²) in [7, 11) is 0. The Bertz CT molecular complexity index is 539. The summed E-state index contributed by atoms with van der Waals surface area (Å²) in [6, 6.07) is 3.88. The van der Waals surface area contributed by atoms with E-state index in [4.69, 9.17) is 0 Å². The van der Waals surface area contributed by atoms with Crippen LogP contribution in [0.15, 0.2) is 18.2 Å². The number of rotatable bonds is 5. The molecular formula is C16H20F4N2O. The Hall–Kier alpha value is -1.34. The van der Waals surface area contributed by atoms with E-state index in [1.807, 2.05) is 0 Å². The predicted molar refractivity (Wildman–Crippen MR) is 77.6 cm³/mol. The molecule has 0 radical (unpaired) electrons. The molecule has 0 bridgehead atoms. The van der Waals surface area contributed by atoms with Crippen LogP contribution < -0.4 is 10.1 Å². The molecule has 1 aliphatic carbocycles. The Morgan fingerprint density at radius 2 is 1.91 bits per heavy atom. The fourth-order valence-electron chi connectivity index (χ4n) is 3.09. The number of benzene rings is 1. The highest BCUT2D eigenvalue weighted by molar-refractivity contribution is 5.31. The summed E-state index contributed by atoms with van der Waals surface area (Å²) in [5.74, 6) is -1.09. The molecular weight excluding hydrogens is 312 g/mol. The number of nitrogens with one attached hydrogen (secondary N) is 1. The third-order valence-electron chi connectivity index (χ3n) is 4.41. The second-order valence-electron chi connectivity index (χ2n) is 6.22. The summed E-state index contributed by atoms with van der Waals surface area (Å²) in [6.07, 6.45) is -1.59. The normalized spacial score (nSPS) is 21.2. The number of halogens is 4. The maximum atomic E-state index is 14.0. The minimum Gasteiger partial charge on any atom is -0.403 e. The van der Waals surface area contributed by atoms with Crippen molar-refractivity contribution in [2.24, 2.45) is 5.92 Å². The van der Waals surface area contributed by atoms with E-state index in [9.17, 15) is 17.6 Å². The number of alkyl halides is 3. The third kappa shape index (κ3) is 4.57. The van der Waals surface area contributed by atoms with Crippen LogP contribution in [0.1, 0.15) is 30.9 Å². The van der Waals surface area contributed by atoms with Crippen LogP contribution >= 0.6 is 0 Å². The lowest BCUT2D eigenvalue weighted by Gasteiger charge is -2.35. The van der Waals surface area contributed by atoms with Crippen LogP contribution in [0.3, 0.4) is 0 Å². The number of hydrogen-bond acceptors (Lipinski definition) is 3. The zero-order chi connectivity index (χ0) is 16.4. The van der Waals surface area contributed by atoms with Gasteiger partial charge in [-0.05, 0) is 30.0 Å². The zero-order valence-electron chi connectivity index (χ0n) is 12.7. The van der Waals surface area contributed by atoms with Gasteiger partial charge in [-0.3, -0.25) is 4.90 Å². The lowest BCUT2D eigenvalue weighted by molar-refractivity contribution is -0.275. The van der Waals surface area contributed by atoms with Crippen molar-refractivity contribution in [3.63, 3.8) is 0 Å². The molecule has 1 N–H and O–H groups in total. The summed E-state index contributed by atoms with van der Waals surface area (Å²) in [5, 5.41) is 3.28. The molecule has 1 saturated carbocycles. The standard InChI is InChI=1S/C16H20F4N2O/c17-13-10-12(3-4-15(13)23-16(18,19)20)14(9-11-1-2-11)22-7-5-21-6-8-22/h3-4,10-11,14,21H,1-2,5-9H2/t14-/m0/s1. The average Bonchev–Trinajstić information content (AvgIpc) is 3.31. The van der Waals surface area contributed by atoms with Gasteiger partial charge in [0.25, 0.3) is 0 Å². The first-order valence-corrected chi connectivity index (χ1v) is 7.92. The molecule has 2 fully saturated rings. The van der Waals surface area contributed by atoms with Gasteiger partial charge in [0.15, 0.2) is 11.6 Å². The zero-order valence-corrected chi connectivity index (χ0v) is 12.7. The van der Waals surface area contributed by atoms with Gasteiger partial charge in [0.1, 0.15) is 0 Å². The van der Waals surface area contributed by atoms with Crippen LogP contribution in [0.2, 0.25) is 0 Å². The molecule has 2 aliphatic rings. The van der Waals surface area contributed by atoms with E-state index in [-0.39, 0.29) is 6.04 Å². The van der Waals surface area contributed by atoms with Crippen LogP contribution in [0.4, 0.5) is 17.6 Å². The van der Waals surface area contributed by atoms with Crippen molar-refractivity contribution in [3.8, 4) is 5.75 Å². The molecule has 1 heterocycles. The molecule has 128 valence electrons. The molecule has 0 spiro atoms. The lowest BCUT2D eigenvalue weighted by Crippen LogP contribution is -2.45. The minimum atomic E-state index is -4.88. The Kier molecular flexibility index (Phi) is 4.77. The van der Waals surface area contributed by atoms with E-state index < -0.39 is 17.9 Å². The van der Waals surface area contributed by atoms with Crippen molar-refractivity contribution in [2.75, 3.05) is 26.2 Å². The van der Waals surface area contributed by atoms with Gasteiger partial charge in [-0.15, -0.1) is 13.2 Å². The summed E-state index contributed by atoms with van der Waals surface area (Å²) < 4.78 is 54.5. The molecule has 0 unspecified atom stereocenters. The van der Waals surface area contributed by atoms with E-state index in [1.54, 1.807) is 6.07 Å². The van der Waals surface area contributed by atoms with E-state index in [2.05, 4.69) is 15.0 Å². The van der Waals surface area contributed by atoms with Gasteiger partial charge in [-0.1, -0.05) is 18.9 Å². The van der Waals surface area contributed by atoms with Crippen molar-refractivity contribution >= 4 is 0 Å². The first-order chi connectivity index (χ1) is 10.9. The number of piperazine rings is 1. The SMILES string of the molecule is Fc1cc([C@H](CC2CC2)N2CCNCC2)ccc1OC(F)(F)F. The predicted octanol–water partition coefficient (Wildman–Crippen LogP) is 3.47. The Labute approximate surface area is 132 Å². The molecule has 3 nitrogen and oxygen atoms in total. The van der Waals surface area contributed by atoms with Crippen molar-refractivity contribution in [3.05, 3.63) is 29.6 Å². The van der Waals surface area contributed by atoms with Gasteiger partial charge >= 0.3 is 6.36 Å². The van der Waals surface area contributed by atoms with Gasteiger partial charge < -0.3 is 10.1 Å². The van der Waals surface area contributed by atoms with Crippen molar-refractivity contribution < 1.29 is 22.3 Å². The van der Waals surface area contributed by atoms with Gasteiger partial charge in [-0.2, -0.15) is 0 Å². The van der Waals surface area contributed by atoms with Crippen LogP contribution in [-0.4, -0.2) is 37.4 Å². The largest absolute Gasteiger partial charge is 0.573 e. The molecule has 23 heavy (non-hydrogen) atoms. The van der Waals surface area contributed by atoms with Gasteiger partial charge in [0.2, 0.25) is 0 Å². The number of nitrogens with zero attached hydrogens (tertiary/aromatic N) is 1. The van der Waals surface area contributed by atoms with E-state index in [0.717, 1.165) is 44.2 Å². The monoisotopic (exact) mass is 332 g/mol. The van der Waals surface area contributed by atoms with Gasteiger partial charge in [0.05, 0.1) is 0 Å². The van der Waals surface area contributed by atoms with Crippen LogP contribution in [0.5, 0.6) is 5.75 Å². The Morgan fingerprint density at radius 1 is 1.22 bits per heavy atom. The minimum absolute atomic E-state index is 0.0547. The Balaban J connectivity index is 1.79. The van der Waals surface area contributed by atoms with Gasteiger partial charge in [-0.25, -0.2) is 4.39 Å². The maximum absolute atomic E-state index is 14.0. The first kappa shape index (κ1) is 16.5. The second kappa shape index (κ2) is 6.65. The highest BCUT2D eigenvalue weighted by Crippen LogP contribution is 2.41. The highest BCUT2D eigenvalue weighted by Gasteiger charge is 2.34. The quantitative estimate of drug-likeness (QED) is 0.836. The van der Waals surface area contributed by atoms with Crippen LogP contribution in [0, 0.1) is 11.7 Å². The number of hydrogen-bond donors (Lipinski definition) is 1. The molecule has 0 aromatic heterocycles. The third-order valence-corrected chi connectivity index (χ3v) is 4.41. The van der Waals surface area contributed by atoms with Crippen LogP contribution in [-0.2, 0) is 0 Å². The molecule has 7 heteroatoms. The van der Waals surface area contributed by atoms with E-state index >= 15 is 0 Å². The summed E-state index contributed by atoms with van der Waals surface area (Å²) in [4.78, 5) is 2.29. The van der Waals surface area contributed by atoms with Crippen molar-refractivity contribution in [1.82, 2.24) is 10.2 Å². The fourth-order valence-corrected chi connectivity index (χ4v) is 3.09. The highest BCUT2D eigenvalue weighted by atomic mass is 19.4. The summed E-state index contributed by atoms with van der Waals surface area (Å²) in [5.41, 5.74) is 0.728.